The first-order valence-corrected chi connectivity index (χ1v) is 12.1. The molecule has 38 heavy (non-hydrogen) atoms. The number of nitro benzene ring substituents is 2. The molecule has 0 spiro atoms. The monoisotopic (exact) mass is 575 g/mol. The molecule has 0 aromatic heterocycles. The summed E-state index contributed by atoms with van der Waals surface area (Å²) in [6.45, 7) is -0.0429. The molecule has 1 heterocycles. The minimum atomic E-state index is -0.804. The van der Waals surface area contributed by atoms with E-state index in [1.54, 1.807) is 18.2 Å². The Hall–Kier alpha value is -4.13. The van der Waals surface area contributed by atoms with Gasteiger partial charge in [0, 0.05) is 16.1 Å². The summed E-state index contributed by atoms with van der Waals surface area (Å²) in [5, 5.41) is 22.7. The maximum absolute atomic E-state index is 13.0. The Labute approximate surface area is 228 Å². The SMILES string of the molecule is COc1ccc(/C=C2\SC(=O)N(Cc3ccc(Cl)cc3Cl)C2=O)cc1Oc1ccc([N+](=O)[O-])cc1[N+](=O)[O-]. The Morgan fingerprint density at radius 2 is 1.68 bits per heavy atom. The van der Waals surface area contributed by atoms with Gasteiger partial charge in [-0.05, 0) is 59.3 Å². The molecule has 3 aromatic carbocycles. The van der Waals surface area contributed by atoms with E-state index in [0.717, 1.165) is 34.9 Å². The van der Waals surface area contributed by atoms with Crippen LogP contribution in [0.5, 0.6) is 17.2 Å². The Bertz CT molecular complexity index is 1530. The van der Waals surface area contributed by atoms with Crippen LogP contribution in [0.1, 0.15) is 11.1 Å². The zero-order valence-electron chi connectivity index (χ0n) is 19.3. The molecule has 1 aliphatic rings. The topological polar surface area (TPSA) is 142 Å². The quantitative estimate of drug-likeness (QED) is 0.160. The lowest BCUT2D eigenvalue weighted by Crippen LogP contribution is -2.27. The number of imide groups is 1. The number of methoxy groups -OCH3 is 1. The second-order valence-corrected chi connectivity index (χ2v) is 9.52. The highest BCUT2D eigenvalue weighted by Gasteiger charge is 2.35. The lowest BCUT2D eigenvalue weighted by molar-refractivity contribution is -0.394. The number of nitrogens with zero attached hydrogens (tertiary/aromatic N) is 3. The van der Waals surface area contributed by atoms with Gasteiger partial charge in [0.1, 0.15) is 0 Å². The maximum Gasteiger partial charge on any atom is 0.318 e. The molecule has 194 valence electrons. The van der Waals surface area contributed by atoms with Gasteiger partial charge >= 0.3 is 5.69 Å². The summed E-state index contributed by atoms with van der Waals surface area (Å²) < 4.78 is 11.0. The Kier molecular flexibility index (Phi) is 7.86. The molecular weight excluding hydrogens is 561 g/mol. The minimum absolute atomic E-state index is 0.0429. The van der Waals surface area contributed by atoms with E-state index in [1.165, 1.54) is 31.4 Å². The Balaban J connectivity index is 1.62. The van der Waals surface area contributed by atoms with Crippen LogP contribution in [0.2, 0.25) is 10.0 Å². The highest BCUT2D eigenvalue weighted by atomic mass is 35.5. The molecule has 2 amide bonds. The van der Waals surface area contributed by atoms with Gasteiger partial charge < -0.3 is 9.47 Å². The molecule has 4 rings (SSSR count). The molecule has 0 atom stereocenters. The molecule has 0 aliphatic carbocycles. The van der Waals surface area contributed by atoms with Crippen molar-refractivity contribution in [1.29, 1.82) is 0 Å². The summed E-state index contributed by atoms with van der Waals surface area (Å²) in [6.07, 6.45) is 1.46. The number of ether oxygens (including phenoxy) is 2. The lowest BCUT2D eigenvalue weighted by atomic mass is 10.1. The van der Waals surface area contributed by atoms with Gasteiger partial charge in [-0.2, -0.15) is 0 Å². The van der Waals surface area contributed by atoms with Crippen molar-refractivity contribution in [2.24, 2.45) is 0 Å². The predicted molar refractivity (Wildman–Crippen MR) is 141 cm³/mol. The summed E-state index contributed by atoms with van der Waals surface area (Å²) in [5.41, 5.74) is -0.112. The van der Waals surface area contributed by atoms with E-state index in [-0.39, 0.29) is 28.7 Å². The van der Waals surface area contributed by atoms with Gasteiger partial charge in [0.25, 0.3) is 16.8 Å². The van der Waals surface area contributed by atoms with Gasteiger partial charge in [-0.1, -0.05) is 35.3 Å². The number of hydrogen-bond donors (Lipinski definition) is 0. The van der Waals surface area contributed by atoms with E-state index in [4.69, 9.17) is 32.7 Å². The molecule has 1 aliphatic heterocycles. The van der Waals surface area contributed by atoms with Crippen LogP contribution in [0.15, 0.2) is 59.5 Å². The van der Waals surface area contributed by atoms with Crippen molar-refractivity contribution in [3.05, 3.63) is 101 Å². The Morgan fingerprint density at radius 3 is 2.34 bits per heavy atom. The first-order chi connectivity index (χ1) is 18.1. The van der Waals surface area contributed by atoms with E-state index in [9.17, 15) is 29.8 Å². The second-order valence-electron chi connectivity index (χ2n) is 7.68. The van der Waals surface area contributed by atoms with Crippen LogP contribution in [0, 0.1) is 20.2 Å². The number of halogens is 2. The fraction of sp³-hybridized carbons (Fsp3) is 0.0833. The molecule has 0 saturated carbocycles. The van der Waals surface area contributed by atoms with Crippen LogP contribution >= 0.6 is 35.0 Å². The third-order valence-corrected chi connectivity index (χ3v) is 6.77. The van der Waals surface area contributed by atoms with Crippen LogP contribution in [0.3, 0.4) is 0 Å². The van der Waals surface area contributed by atoms with Gasteiger partial charge in [-0.3, -0.25) is 34.7 Å². The summed E-state index contributed by atoms with van der Waals surface area (Å²) >= 11 is 12.8. The van der Waals surface area contributed by atoms with Crippen LogP contribution in [-0.4, -0.2) is 33.0 Å². The second kappa shape index (κ2) is 11.1. The van der Waals surface area contributed by atoms with Gasteiger partial charge in [-0.15, -0.1) is 0 Å². The third kappa shape index (κ3) is 5.72. The number of carbonyl (C=O) groups excluding carboxylic acids is 2. The molecule has 0 N–H and O–H groups in total. The van der Waals surface area contributed by atoms with Crippen molar-refractivity contribution >= 4 is 63.6 Å². The van der Waals surface area contributed by atoms with Gasteiger partial charge in [-0.25, -0.2) is 0 Å². The predicted octanol–water partition coefficient (Wildman–Crippen LogP) is 6.85. The molecular formula is C24H15Cl2N3O8S. The standard InChI is InChI=1S/C24H15Cl2N3O8S/c1-36-20-6-2-13(8-21(20)37-19-7-5-16(28(32)33)11-18(19)29(34)35)9-22-23(30)27(24(31)38-22)12-14-3-4-15(25)10-17(14)26/h2-11H,12H2,1H3/b22-9-. The highest BCUT2D eigenvalue weighted by molar-refractivity contribution is 8.18. The number of thioether (sulfide) groups is 1. The number of hydrogen-bond acceptors (Lipinski definition) is 9. The average molecular weight is 576 g/mol. The summed E-state index contributed by atoms with van der Waals surface area (Å²) in [6, 6.07) is 12.3. The summed E-state index contributed by atoms with van der Waals surface area (Å²) in [7, 11) is 1.36. The van der Waals surface area contributed by atoms with Crippen molar-refractivity contribution < 1.29 is 28.9 Å². The normalized spacial score (nSPS) is 14.2. The lowest BCUT2D eigenvalue weighted by Gasteiger charge is -2.13. The molecule has 3 aromatic rings. The molecule has 1 saturated heterocycles. The van der Waals surface area contributed by atoms with E-state index in [0.29, 0.717) is 21.2 Å². The van der Waals surface area contributed by atoms with Gasteiger partial charge in [0.15, 0.2) is 11.5 Å². The van der Waals surface area contributed by atoms with E-state index in [1.807, 2.05) is 0 Å². The van der Waals surface area contributed by atoms with E-state index in [2.05, 4.69) is 0 Å². The molecule has 11 nitrogen and oxygen atoms in total. The first kappa shape index (κ1) is 26.9. The fourth-order valence-electron chi connectivity index (χ4n) is 3.44. The number of benzene rings is 3. The number of amides is 2. The Morgan fingerprint density at radius 1 is 0.947 bits per heavy atom. The van der Waals surface area contributed by atoms with Gasteiger partial charge in [0.2, 0.25) is 5.75 Å². The molecule has 0 radical (unpaired) electrons. The molecule has 0 bridgehead atoms. The largest absolute Gasteiger partial charge is 0.493 e. The summed E-state index contributed by atoms with van der Waals surface area (Å²) in [4.78, 5) is 47.6. The molecule has 14 heteroatoms. The highest BCUT2D eigenvalue weighted by Crippen LogP contribution is 2.40. The number of rotatable bonds is 8. The van der Waals surface area contributed by atoms with E-state index < -0.39 is 32.4 Å². The zero-order valence-corrected chi connectivity index (χ0v) is 21.6. The van der Waals surface area contributed by atoms with Crippen molar-refractivity contribution in [2.75, 3.05) is 7.11 Å². The van der Waals surface area contributed by atoms with Crippen LogP contribution in [0.4, 0.5) is 16.2 Å². The van der Waals surface area contributed by atoms with Crippen molar-refractivity contribution in [3.63, 3.8) is 0 Å². The maximum atomic E-state index is 13.0. The fourth-order valence-corrected chi connectivity index (χ4v) is 4.74. The molecule has 1 fully saturated rings. The third-order valence-electron chi connectivity index (χ3n) is 5.27. The van der Waals surface area contributed by atoms with Crippen molar-refractivity contribution in [3.8, 4) is 17.2 Å². The van der Waals surface area contributed by atoms with Crippen molar-refractivity contribution in [2.45, 2.75) is 6.54 Å². The van der Waals surface area contributed by atoms with E-state index >= 15 is 0 Å². The summed E-state index contributed by atoms with van der Waals surface area (Å²) in [5.74, 6) is -0.530. The van der Waals surface area contributed by atoms with Crippen LogP contribution in [0.25, 0.3) is 6.08 Å². The first-order valence-electron chi connectivity index (χ1n) is 10.6. The van der Waals surface area contributed by atoms with Crippen molar-refractivity contribution in [1.82, 2.24) is 4.90 Å². The number of nitro groups is 2. The van der Waals surface area contributed by atoms with Crippen LogP contribution in [-0.2, 0) is 11.3 Å². The zero-order chi connectivity index (χ0) is 27.6. The number of carbonyl (C=O) groups is 2. The molecule has 0 unspecified atom stereocenters. The average Bonchev–Trinajstić information content (AvgIpc) is 3.13. The van der Waals surface area contributed by atoms with Gasteiger partial charge in [0.05, 0.1) is 34.5 Å². The minimum Gasteiger partial charge on any atom is -0.493 e. The smallest absolute Gasteiger partial charge is 0.318 e. The number of non-ortho nitro benzene ring substituents is 1. The van der Waals surface area contributed by atoms with Crippen LogP contribution < -0.4 is 9.47 Å².